The molecular formula is C32H50N12O4S. The first-order valence-electron chi connectivity index (χ1n) is 16.3. The van der Waals surface area contributed by atoms with Gasteiger partial charge in [-0.1, -0.05) is 19.3 Å². The van der Waals surface area contributed by atoms with E-state index in [4.69, 9.17) is 19.7 Å². The molecule has 49 heavy (non-hydrogen) atoms. The van der Waals surface area contributed by atoms with Gasteiger partial charge in [-0.2, -0.15) is 20.1 Å². The number of hydrogen-bond acceptors (Lipinski definition) is 13. The van der Waals surface area contributed by atoms with Gasteiger partial charge in [0.05, 0.1) is 42.1 Å². The van der Waals surface area contributed by atoms with Crippen LogP contribution in [0.25, 0.3) is 10.9 Å². The number of benzene rings is 2. The molecule has 3 aliphatic rings. The Morgan fingerprint density at radius 2 is 1.61 bits per heavy atom. The Balaban J connectivity index is 0.00000176. The third-order valence-corrected chi connectivity index (χ3v) is 10.5. The number of nitrogens with zero attached hydrogens (tertiary/aromatic N) is 7. The first-order valence-corrected chi connectivity index (χ1v) is 17.8. The number of rotatable bonds is 9. The highest BCUT2D eigenvalue weighted by Gasteiger charge is 2.26. The zero-order valence-corrected chi connectivity index (χ0v) is 28.5. The molecule has 0 spiro atoms. The fourth-order valence-electron chi connectivity index (χ4n) is 6.39. The minimum absolute atomic E-state index is 0. The molecule has 2 aromatic heterocycles. The van der Waals surface area contributed by atoms with Crippen molar-refractivity contribution in [2.24, 2.45) is 0 Å². The van der Waals surface area contributed by atoms with E-state index in [2.05, 4.69) is 30.0 Å². The van der Waals surface area contributed by atoms with Crippen LogP contribution in [0.1, 0.15) is 46.7 Å². The quantitative estimate of drug-likeness (QED) is 0.166. The summed E-state index contributed by atoms with van der Waals surface area (Å²) in [6.07, 6.45) is 7.33. The van der Waals surface area contributed by atoms with Crippen LogP contribution in [0.2, 0.25) is 0 Å². The Morgan fingerprint density at radius 1 is 0.898 bits per heavy atom. The Morgan fingerprint density at radius 3 is 2.35 bits per heavy atom. The van der Waals surface area contributed by atoms with Crippen LogP contribution >= 0.6 is 0 Å². The Labute approximate surface area is 289 Å². The van der Waals surface area contributed by atoms with Crippen LogP contribution in [-0.4, -0.2) is 108 Å². The van der Waals surface area contributed by atoms with Crippen molar-refractivity contribution >= 4 is 50.1 Å². The molecule has 1 aliphatic carbocycles. The monoisotopic (exact) mass is 698 g/mol. The third kappa shape index (κ3) is 8.60. The van der Waals surface area contributed by atoms with Gasteiger partial charge in [0.1, 0.15) is 5.82 Å². The second kappa shape index (κ2) is 15.9. The zero-order valence-electron chi connectivity index (χ0n) is 27.7. The van der Waals surface area contributed by atoms with E-state index in [1.165, 1.54) is 6.42 Å². The number of hydrogen-bond donors (Lipinski definition) is 5. The number of H-pyrrole nitrogens is 1. The SMILES string of the molecule is N.N.O=C(CN1CCN(c2nc(Nc3ccc(S(=O)(=O)Nc4ccc5cn[nH]c5c4)cc3)nc(C3CCCCC3)n2)CC1)N1CCOCC1.[HH].[HH]. The largest absolute Gasteiger partial charge is 0.378 e. The number of nitrogens with one attached hydrogen (secondary N) is 3. The molecule has 3 fully saturated rings. The summed E-state index contributed by atoms with van der Waals surface area (Å²) in [5.41, 5.74) is 1.86. The highest BCUT2D eigenvalue weighted by Crippen LogP contribution is 2.32. The average molecular weight is 699 g/mol. The molecule has 9 N–H and O–H groups in total. The maximum Gasteiger partial charge on any atom is 0.261 e. The van der Waals surface area contributed by atoms with Crippen LogP contribution in [0.15, 0.2) is 53.6 Å². The molecule has 17 heteroatoms. The molecule has 2 aliphatic heterocycles. The van der Waals surface area contributed by atoms with Crippen molar-refractivity contribution in [1.29, 1.82) is 0 Å². The number of ether oxygens (including phenoxy) is 1. The third-order valence-electron chi connectivity index (χ3n) is 9.10. The number of fused-ring (bicyclic) bond motifs is 1. The zero-order chi connectivity index (χ0) is 32.2. The van der Waals surface area contributed by atoms with E-state index in [1.807, 2.05) is 11.0 Å². The number of morpholine rings is 1. The van der Waals surface area contributed by atoms with E-state index in [0.717, 1.165) is 55.5 Å². The molecule has 4 aromatic rings. The molecule has 0 atom stereocenters. The predicted octanol–water partition coefficient (Wildman–Crippen LogP) is 4.14. The Hall–Kier alpha value is -4.42. The molecular weight excluding hydrogens is 648 g/mol. The number of anilines is 4. The lowest BCUT2D eigenvalue weighted by Crippen LogP contribution is -2.52. The fourth-order valence-corrected chi connectivity index (χ4v) is 7.44. The lowest BCUT2D eigenvalue weighted by Gasteiger charge is -2.36. The molecule has 4 heterocycles. The van der Waals surface area contributed by atoms with Gasteiger partial charge in [0.25, 0.3) is 10.0 Å². The summed E-state index contributed by atoms with van der Waals surface area (Å²) in [6, 6.07) is 11.8. The molecule has 16 nitrogen and oxygen atoms in total. The maximum absolute atomic E-state index is 13.1. The van der Waals surface area contributed by atoms with Crippen molar-refractivity contribution < 1.29 is 20.8 Å². The van der Waals surface area contributed by atoms with E-state index in [-0.39, 0.29) is 31.9 Å². The summed E-state index contributed by atoms with van der Waals surface area (Å²) in [7, 11) is -3.81. The van der Waals surface area contributed by atoms with Crippen molar-refractivity contribution in [2.45, 2.75) is 42.9 Å². The molecule has 2 saturated heterocycles. The molecule has 1 saturated carbocycles. The molecule has 7 rings (SSSR count). The highest BCUT2D eigenvalue weighted by molar-refractivity contribution is 7.92. The van der Waals surface area contributed by atoms with Crippen LogP contribution in [0.5, 0.6) is 0 Å². The van der Waals surface area contributed by atoms with Crippen molar-refractivity contribution in [3.63, 3.8) is 0 Å². The number of carbonyl (C=O) groups excluding carboxylic acids is 1. The van der Waals surface area contributed by atoms with Crippen molar-refractivity contribution in [1.82, 2.24) is 47.3 Å². The predicted molar refractivity (Wildman–Crippen MR) is 193 cm³/mol. The van der Waals surface area contributed by atoms with Gasteiger partial charge < -0.3 is 32.2 Å². The number of aromatic nitrogens is 5. The van der Waals surface area contributed by atoms with Gasteiger partial charge in [-0.25, -0.2) is 8.42 Å². The number of aromatic amines is 1. The van der Waals surface area contributed by atoms with Gasteiger partial charge in [-0.3, -0.25) is 19.5 Å². The maximum atomic E-state index is 13.1. The summed E-state index contributed by atoms with van der Waals surface area (Å²) in [5.74, 6) is 2.28. The normalized spacial score (nSPS) is 17.6. The van der Waals surface area contributed by atoms with Gasteiger partial charge in [-0.15, -0.1) is 0 Å². The number of sulfonamides is 1. The van der Waals surface area contributed by atoms with Gasteiger partial charge in [0.2, 0.25) is 17.8 Å². The molecule has 0 radical (unpaired) electrons. The summed E-state index contributed by atoms with van der Waals surface area (Å²) >= 11 is 0. The van der Waals surface area contributed by atoms with E-state index in [0.29, 0.717) is 69.2 Å². The van der Waals surface area contributed by atoms with Gasteiger partial charge in [0.15, 0.2) is 0 Å². The van der Waals surface area contributed by atoms with Crippen LogP contribution in [0.4, 0.5) is 23.3 Å². The van der Waals surface area contributed by atoms with Crippen LogP contribution in [0, 0.1) is 0 Å². The summed E-state index contributed by atoms with van der Waals surface area (Å²) in [6.45, 7) is 5.81. The molecule has 1 amide bonds. The van der Waals surface area contributed by atoms with Crippen molar-refractivity contribution in [3.8, 4) is 0 Å². The average Bonchev–Trinajstić information content (AvgIpc) is 3.57. The topological polar surface area (TPSA) is 232 Å². The standard InChI is InChI=1S/C32H40N10O4S.2H3N.2H2/c43-29(41-16-18-46-19-17-41)22-40-12-14-42(15-13-40)32-36-30(23-4-2-1-3-5-23)35-31(37-32)34-25-8-10-27(11-9-25)47(44,45)39-26-7-6-24-21-33-38-28(24)20-26;;;;/h6-11,20-21,23,39H,1-5,12-19,22H2,(H,33,38)(H,34,35,36,37);2*1H3;2*1H. The first-order chi connectivity index (χ1) is 22.9. The van der Waals surface area contributed by atoms with E-state index in [1.54, 1.807) is 42.6 Å². The van der Waals surface area contributed by atoms with Crippen molar-refractivity contribution in [3.05, 3.63) is 54.5 Å². The summed E-state index contributed by atoms with van der Waals surface area (Å²) in [4.78, 5) is 33.7. The number of amides is 1. The van der Waals surface area contributed by atoms with E-state index in [9.17, 15) is 13.2 Å². The second-order valence-electron chi connectivity index (χ2n) is 12.3. The van der Waals surface area contributed by atoms with Crippen molar-refractivity contribution in [2.75, 3.05) is 74.0 Å². The molecule has 0 bridgehead atoms. The minimum Gasteiger partial charge on any atom is -0.378 e. The fraction of sp³-hybridized carbons (Fsp3) is 0.469. The number of carbonyl (C=O) groups is 1. The Bertz CT molecular complexity index is 1810. The van der Waals surface area contributed by atoms with Crippen LogP contribution in [0.3, 0.4) is 0 Å². The first kappa shape index (κ1) is 35.9. The van der Waals surface area contributed by atoms with Crippen LogP contribution in [-0.2, 0) is 19.6 Å². The summed E-state index contributed by atoms with van der Waals surface area (Å²) in [5, 5.41) is 11.0. The van der Waals surface area contributed by atoms with E-state index >= 15 is 0 Å². The lowest BCUT2D eigenvalue weighted by atomic mass is 9.89. The second-order valence-corrected chi connectivity index (χ2v) is 14.0. The van der Waals surface area contributed by atoms with Gasteiger partial charge in [0, 0.05) is 59.1 Å². The van der Waals surface area contributed by atoms with E-state index < -0.39 is 10.0 Å². The molecule has 2 aromatic carbocycles. The lowest BCUT2D eigenvalue weighted by molar-refractivity contribution is -0.136. The van der Waals surface area contributed by atoms with Gasteiger partial charge >= 0.3 is 0 Å². The number of piperazine rings is 1. The molecule has 268 valence electrons. The smallest absolute Gasteiger partial charge is 0.261 e. The molecule has 0 unspecified atom stereocenters. The summed E-state index contributed by atoms with van der Waals surface area (Å²) < 4.78 is 34.3. The van der Waals surface area contributed by atoms with Crippen LogP contribution < -0.4 is 27.2 Å². The van der Waals surface area contributed by atoms with Gasteiger partial charge in [-0.05, 0) is 55.3 Å². The highest BCUT2D eigenvalue weighted by atomic mass is 32.2. The Kier molecular flexibility index (Phi) is 11.6. The minimum atomic E-state index is -3.81.